The standard InChI is InChI=1S/C15H9F2NO3.FH/c1-7(16)10-5-9(19)6-12-14(10)21-15(18-12)8-2-3-13(20)11(17)4-8;/h2-6,19-20H,1H2;1H. The third-order valence-corrected chi connectivity index (χ3v) is 2.96. The molecule has 114 valence electrons. The van der Waals surface area contributed by atoms with Gasteiger partial charge in [0.15, 0.2) is 17.1 Å². The molecule has 0 amide bonds. The topological polar surface area (TPSA) is 66.5 Å². The Morgan fingerprint density at radius 2 is 1.91 bits per heavy atom. The Morgan fingerprint density at radius 1 is 1.18 bits per heavy atom. The molecule has 1 aromatic heterocycles. The third-order valence-electron chi connectivity index (χ3n) is 2.96. The molecule has 0 saturated heterocycles. The molecule has 0 bridgehead atoms. The second-order valence-electron chi connectivity index (χ2n) is 4.43. The predicted octanol–water partition coefficient (Wildman–Crippen LogP) is 4.14. The first-order chi connectivity index (χ1) is 9.95. The van der Waals surface area contributed by atoms with Gasteiger partial charge in [0, 0.05) is 11.6 Å². The lowest BCUT2D eigenvalue weighted by Gasteiger charge is -1.99. The summed E-state index contributed by atoms with van der Waals surface area (Å²) < 4.78 is 32.2. The highest BCUT2D eigenvalue weighted by Crippen LogP contribution is 2.33. The highest BCUT2D eigenvalue weighted by Gasteiger charge is 2.16. The Labute approximate surface area is 122 Å². The Morgan fingerprint density at radius 3 is 2.55 bits per heavy atom. The van der Waals surface area contributed by atoms with Gasteiger partial charge in [0.25, 0.3) is 0 Å². The Balaban J connectivity index is 0.00000176. The number of aromatic nitrogens is 1. The van der Waals surface area contributed by atoms with Gasteiger partial charge in [-0.3, -0.25) is 4.70 Å². The summed E-state index contributed by atoms with van der Waals surface area (Å²) in [4.78, 5) is 4.07. The number of aromatic hydroxyl groups is 2. The Kier molecular flexibility index (Phi) is 3.81. The molecule has 0 atom stereocenters. The number of phenolic OH excluding ortho intramolecular Hbond substituents is 2. The molecule has 4 nitrogen and oxygen atoms in total. The van der Waals surface area contributed by atoms with E-state index in [-0.39, 0.29) is 38.6 Å². The van der Waals surface area contributed by atoms with Crippen LogP contribution in [0.3, 0.4) is 0 Å². The van der Waals surface area contributed by atoms with Crippen LogP contribution in [-0.4, -0.2) is 15.2 Å². The van der Waals surface area contributed by atoms with Crippen LogP contribution in [0.5, 0.6) is 11.5 Å². The van der Waals surface area contributed by atoms with Crippen LogP contribution in [0.4, 0.5) is 13.5 Å². The summed E-state index contributed by atoms with van der Waals surface area (Å²) in [5.74, 6) is -2.25. The Hall–Kier alpha value is -2.96. The molecule has 0 radical (unpaired) electrons. The van der Waals surface area contributed by atoms with E-state index in [1.165, 1.54) is 12.1 Å². The number of hydrogen-bond acceptors (Lipinski definition) is 4. The number of oxazole rings is 1. The molecule has 0 saturated carbocycles. The molecule has 3 rings (SSSR count). The average Bonchev–Trinajstić information content (AvgIpc) is 2.84. The summed E-state index contributed by atoms with van der Waals surface area (Å²) in [7, 11) is 0. The molecule has 0 aliphatic heterocycles. The highest BCUT2D eigenvalue weighted by molar-refractivity contribution is 5.88. The van der Waals surface area contributed by atoms with E-state index in [4.69, 9.17) is 9.52 Å². The van der Waals surface area contributed by atoms with Gasteiger partial charge in [0.05, 0.1) is 5.56 Å². The minimum Gasteiger partial charge on any atom is -0.508 e. The molecule has 2 N–H and O–H groups in total. The smallest absolute Gasteiger partial charge is 0.227 e. The van der Waals surface area contributed by atoms with E-state index in [0.717, 1.165) is 18.2 Å². The summed E-state index contributed by atoms with van der Waals surface area (Å²) in [5.41, 5.74) is 0.565. The second kappa shape index (κ2) is 5.44. The van der Waals surface area contributed by atoms with Gasteiger partial charge in [-0.25, -0.2) is 13.8 Å². The average molecular weight is 309 g/mol. The molecule has 0 fully saturated rings. The van der Waals surface area contributed by atoms with Crippen molar-refractivity contribution in [2.75, 3.05) is 0 Å². The quantitative estimate of drug-likeness (QED) is 0.746. The predicted molar refractivity (Wildman–Crippen MR) is 75.4 cm³/mol. The number of fused-ring (bicyclic) bond motifs is 1. The fraction of sp³-hybridized carbons (Fsp3) is 0. The van der Waals surface area contributed by atoms with Gasteiger partial charge in [0.1, 0.15) is 17.1 Å². The number of halogens is 3. The normalized spacial score (nSPS) is 10.5. The van der Waals surface area contributed by atoms with Crippen molar-refractivity contribution in [1.82, 2.24) is 4.98 Å². The number of nitrogens with zero attached hydrogens (tertiary/aromatic N) is 1. The monoisotopic (exact) mass is 309 g/mol. The van der Waals surface area contributed by atoms with Crippen molar-refractivity contribution in [2.24, 2.45) is 0 Å². The maximum atomic E-state index is 13.4. The summed E-state index contributed by atoms with van der Waals surface area (Å²) in [6.45, 7) is 3.17. The van der Waals surface area contributed by atoms with Crippen molar-refractivity contribution in [3.63, 3.8) is 0 Å². The SMILES string of the molecule is C=C(F)c1cc(O)cc2nc(-c3ccc(O)c(F)c3)oc12.F. The van der Waals surface area contributed by atoms with Crippen LogP contribution in [0.1, 0.15) is 5.56 Å². The molecule has 2 aromatic carbocycles. The van der Waals surface area contributed by atoms with E-state index < -0.39 is 17.4 Å². The highest BCUT2D eigenvalue weighted by atomic mass is 19.1. The first-order valence-corrected chi connectivity index (χ1v) is 5.93. The van der Waals surface area contributed by atoms with Gasteiger partial charge in [-0.05, 0) is 24.3 Å². The third kappa shape index (κ3) is 2.48. The molecule has 3 aromatic rings. The number of benzene rings is 2. The lowest BCUT2D eigenvalue weighted by Crippen LogP contribution is -1.80. The maximum Gasteiger partial charge on any atom is 0.227 e. The fourth-order valence-corrected chi connectivity index (χ4v) is 1.98. The molecule has 1 heterocycles. The van der Waals surface area contributed by atoms with Crippen LogP contribution in [0, 0.1) is 5.82 Å². The lowest BCUT2D eigenvalue weighted by molar-refractivity contribution is 0.432. The molecule has 0 aliphatic rings. The summed E-state index contributed by atoms with van der Waals surface area (Å²) in [6.07, 6.45) is 0. The number of phenols is 2. The zero-order chi connectivity index (χ0) is 15.1. The second-order valence-corrected chi connectivity index (χ2v) is 4.43. The van der Waals surface area contributed by atoms with Crippen LogP contribution in [-0.2, 0) is 0 Å². The number of hydrogen-bond donors (Lipinski definition) is 2. The summed E-state index contributed by atoms with van der Waals surface area (Å²) >= 11 is 0. The van der Waals surface area contributed by atoms with Gasteiger partial charge in [0.2, 0.25) is 5.89 Å². The van der Waals surface area contributed by atoms with Crippen LogP contribution in [0.2, 0.25) is 0 Å². The fourth-order valence-electron chi connectivity index (χ4n) is 1.98. The van der Waals surface area contributed by atoms with Gasteiger partial charge in [-0.2, -0.15) is 0 Å². The molecule has 22 heavy (non-hydrogen) atoms. The zero-order valence-electron chi connectivity index (χ0n) is 11.0. The molecular weight excluding hydrogens is 299 g/mol. The zero-order valence-corrected chi connectivity index (χ0v) is 11.0. The molecule has 0 spiro atoms. The van der Waals surface area contributed by atoms with Crippen molar-refractivity contribution in [3.8, 4) is 23.0 Å². The lowest BCUT2D eigenvalue weighted by atomic mass is 10.1. The summed E-state index contributed by atoms with van der Waals surface area (Å²) in [5, 5.41) is 18.7. The first kappa shape index (κ1) is 15.4. The van der Waals surface area contributed by atoms with Crippen molar-refractivity contribution >= 4 is 16.9 Å². The summed E-state index contributed by atoms with van der Waals surface area (Å²) in [6, 6.07) is 6.07. The van der Waals surface area contributed by atoms with Gasteiger partial charge in [-0.1, -0.05) is 6.58 Å². The van der Waals surface area contributed by atoms with Crippen molar-refractivity contribution in [2.45, 2.75) is 0 Å². The van der Waals surface area contributed by atoms with Crippen molar-refractivity contribution < 1.29 is 28.1 Å². The Bertz CT molecular complexity index is 874. The van der Waals surface area contributed by atoms with Gasteiger partial charge in [-0.15, -0.1) is 0 Å². The van der Waals surface area contributed by atoms with E-state index in [2.05, 4.69) is 11.6 Å². The van der Waals surface area contributed by atoms with Crippen LogP contribution < -0.4 is 0 Å². The number of rotatable bonds is 2. The molecular formula is C15H10F3NO3. The van der Waals surface area contributed by atoms with E-state index >= 15 is 0 Å². The van der Waals surface area contributed by atoms with Gasteiger partial charge < -0.3 is 14.6 Å². The van der Waals surface area contributed by atoms with Crippen LogP contribution in [0.15, 0.2) is 41.3 Å². The molecule has 7 heteroatoms. The van der Waals surface area contributed by atoms with Crippen molar-refractivity contribution in [1.29, 1.82) is 0 Å². The van der Waals surface area contributed by atoms with Crippen LogP contribution >= 0.6 is 0 Å². The minimum atomic E-state index is -0.826. The maximum absolute atomic E-state index is 13.4. The molecule has 0 aliphatic carbocycles. The minimum absolute atomic E-state index is 0. The van der Waals surface area contributed by atoms with E-state index in [0.29, 0.717) is 0 Å². The van der Waals surface area contributed by atoms with E-state index in [1.807, 2.05) is 0 Å². The first-order valence-electron chi connectivity index (χ1n) is 5.93. The van der Waals surface area contributed by atoms with Crippen LogP contribution in [0.25, 0.3) is 28.4 Å². The molecule has 0 unspecified atom stereocenters. The van der Waals surface area contributed by atoms with Gasteiger partial charge >= 0.3 is 0 Å². The van der Waals surface area contributed by atoms with E-state index in [1.54, 1.807) is 0 Å². The van der Waals surface area contributed by atoms with E-state index in [9.17, 15) is 13.9 Å². The largest absolute Gasteiger partial charge is 0.508 e. The van der Waals surface area contributed by atoms with Crippen molar-refractivity contribution in [3.05, 3.63) is 48.3 Å².